The van der Waals surface area contributed by atoms with E-state index in [1.807, 2.05) is 0 Å². The van der Waals surface area contributed by atoms with E-state index in [0.717, 1.165) is 17.1 Å². The summed E-state index contributed by atoms with van der Waals surface area (Å²) in [5, 5.41) is 11.7. The monoisotopic (exact) mass is 248 g/mol. The summed E-state index contributed by atoms with van der Waals surface area (Å²) in [7, 11) is 0. The Balaban J connectivity index is 2.33. The summed E-state index contributed by atoms with van der Waals surface area (Å²) in [6.45, 7) is 4.21. The van der Waals surface area contributed by atoms with Crippen molar-refractivity contribution >= 4 is 22.7 Å². The smallest absolute Gasteiger partial charge is 0.0946 e. The number of aromatic nitrogens is 1. The molecule has 0 aliphatic carbocycles. The summed E-state index contributed by atoms with van der Waals surface area (Å²) >= 11 is 3.44. The van der Waals surface area contributed by atoms with E-state index in [1.165, 1.54) is 15.3 Å². The number of aryl methyl sites for hydroxylation is 3. The third kappa shape index (κ3) is 2.16. The van der Waals surface area contributed by atoms with Gasteiger partial charge in [0.2, 0.25) is 0 Å². The Bertz CT molecular complexity index is 531. The van der Waals surface area contributed by atoms with Crippen LogP contribution in [0.1, 0.15) is 21.9 Å². The molecule has 0 N–H and O–H groups in total. The second-order valence-electron chi connectivity index (χ2n) is 3.60. The van der Waals surface area contributed by atoms with Gasteiger partial charge in [0.1, 0.15) is 0 Å². The van der Waals surface area contributed by atoms with Crippen LogP contribution >= 0.6 is 22.7 Å². The van der Waals surface area contributed by atoms with E-state index in [-0.39, 0.29) is 0 Å². The van der Waals surface area contributed by atoms with Gasteiger partial charge in [-0.2, -0.15) is 5.26 Å². The molecule has 0 unspecified atom stereocenters. The third-order valence-corrected chi connectivity index (χ3v) is 4.42. The largest absolute Gasteiger partial charge is 0.240 e. The Morgan fingerprint density at radius 3 is 2.88 bits per heavy atom. The lowest BCUT2D eigenvalue weighted by Crippen LogP contribution is -1.83. The van der Waals surface area contributed by atoms with Crippen LogP contribution in [0.2, 0.25) is 0 Å². The summed E-state index contributed by atoms with van der Waals surface area (Å²) in [5.74, 6) is 0. The number of hydrogen-bond donors (Lipinski definition) is 0. The molecule has 0 aromatic carbocycles. The molecule has 2 aromatic heterocycles. The highest BCUT2D eigenvalue weighted by atomic mass is 32.1. The maximum atomic E-state index is 8.56. The van der Waals surface area contributed by atoms with Gasteiger partial charge in [-0.25, -0.2) is 4.98 Å². The van der Waals surface area contributed by atoms with Crippen LogP contribution in [0.5, 0.6) is 0 Å². The van der Waals surface area contributed by atoms with Crippen LogP contribution in [0.25, 0.3) is 10.6 Å². The number of rotatable bonds is 3. The summed E-state index contributed by atoms with van der Waals surface area (Å²) < 4.78 is 0. The Morgan fingerprint density at radius 1 is 1.44 bits per heavy atom. The average Bonchev–Trinajstić information content (AvgIpc) is 2.82. The molecule has 0 fully saturated rings. The zero-order valence-electron chi connectivity index (χ0n) is 9.28. The third-order valence-electron chi connectivity index (χ3n) is 2.37. The number of nitrogens with zero attached hydrogens (tertiary/aromatic N) is 2. The van der Waals surface area contributed by atoms with Gasteiger partial charge >= 0.3 is 0 Å². The van der Waals surface area contributed by atoms with Crippen LogP contribution < -0.4 is 0 Å². The van der Waals surface area contributed by atoms with Gasteiger partial charge in [-0.15, -0.1) is 22.7 Å². The van der Waals surface area contributed by atoms with Crippen LogP contribution in [-0.2, 0) is 6.42 Å². The molecule has 2 nitrogen and oxygen atoms in total. The Labute approximate surface area is 103 Å². The molecule has 0 amide bonds. The minimum Gasteiger partial charge on any atom is -0.240 e. The Morgan fingerprint density at radius 2 is 2.25 bits per heavy atom. The second kappa shape index (κ2) is 4.77. The van der Waals surface area contributed by atoms with E-state index >= 15 is 0 Å². The fourth-order valence-electron chi connectivity index (χ4n) is 1.55. The van der Waals surface area contributed by atoms with Crippen molar-refractivity contribution in [3.8, 4) is 16.6 Å². The average molecular weight is 248 g/mol. The molecule has 4 heteroatoms. The molecule has 2 heterocycles. The molecule has 2 rings (SSSR count). The first-order valence-corrected chi connectivity index (χ1v) is 6.79. The lowest BCUT2D eigenvalue weighted by Gasteiger charge is -1.95. The lowest BCUT2D eigenvalue weighted by molar-refractivity contribution is 0.991. The molecular formula is C12H12N2S2. The van der Waals surface area contributed by atoms with Crippen LogP contribution in [0.3, 0.4) is 0 Å². The van der Waals surface area contributed by atoms with Gasteiger partial charge < -0.3 is 0 Å². The van der Waals surface area contributed by atoms with E-state index in [1.54, 1.807) is 22.7 Å². The number of thiazole rings is 1. The van der Waals surface area contributed by atoms with Crippen molar-refractivity contribution in [2.24, 2.45) is 0 Å². The SMILES string of the molecule is Cc1ccsc1-c1nc(CCC#N)sc1C. The molecule has 2 aromatic rings. The minimum absolute atomic E-state index is 0.551. The van der Waals surface area contributed by atoms with Crippen molar-refractivity contribution in [2.75, 3.05) is 0 Å². The topological polar surface area (TPSA) is 36.7 Å². The van der Waals surface area contributed by atoms with Crippen LogP contribution in [0, 0.1) is 25.2 Å². The molecule has 0 radical (unpaired) electrons. The highest BCUT2D eigenvalue weighted by Gasteiger charge is 2.12. The van der Waals surface area contributed by atoms with Gasteiger partial charge in [0.15, 0.2) is 0 Å². The second-order valence-corrected chi connectivity index (χ2v) is 5.81. The first-order valence-electron chi connectivity index (χ1n) is 5.10. The van der Waals surface area contributed by atoms with Crippen molar-refractivity contribution in [3.05, 3.63) is 26.9 Å². The van der Waals surface area contributed by atoms with Crippen molar-refractivity contribution in [1.82, 2.24) is 4.98 Å². The molecule has 0 atom stereocenters. The number of hydrogen-bond acceptors (Lipinski definition) is 4. The highest BCUT2D eigenvalue weighted by Crippen LogP contribution is 2.33. The molecule has 82 valence electrons. The molecule has 0 aliphatic heterocycles. The van der Waals surface area contributed by atoms with E-state index in [9.17, 15) is 0 Å². The molecule has 16 heavy (non-hydrogen) atoms. The van der Waals surface area contributed by atoms with Crippen molar-refractivity contribution in [2.45, 2.75) is 26.7 Å². The summed E-state index contributed by atoms with van der Waals surface area (Å²) in [5.41, 5.74) is 2.38. The highest BCUT2D eigenvalue weighted by molar-refractivity contribution is 7.15. The summed E-state index contributed by atoms with van der Waals surface area (Å²) in [6, 6.07) is 4.28. The zero-order chi connectivity index (χ0) is 11.5. The van der Waals surface area contributed by atoms with E-state index in [4.69, 9.17) is 5.26 Å². The van der Waals surface area contributed by atoms with E-state index in [2.05, 4.69) is 36.3 Å². The molecule has 0 saturated heterocycles. The van der Waals surface area contributed by atoms with Gasteiger partial charge in [-0.1, -0.05) is 0 Å². The fraction of sp³-hybridized carbons (Fsp3) is 0.333. The van der Waals surface area contributed by atoms with Crippen LogP contribution in [0.4, 0.5) is 0 Å². The van der Waals surface area contributed by atoms with Crippen molar-refractivity contribution < 1.29 is 0 Å². The Kier molecular flexibility index (Phi) is 3.37. The first-order chi connectivity index (χ1) is 7.72. The normalized spacial score (nSPS) is 10.3. The predicted molar refractivity (Wildman–Crippen MR) is 68.8 cm³/mol. The van der Waals surface area contributed by atoms with E-state index < -0.39 is 0 Å². The van der Waals surface area contributed by atoms with Crippen LogP contribution in [0.15, 0.2) is 11.4 Å². The molecule has 0 bridgehead atoms. The minimum atomic E-state index is 0.551. The molecule has 0 saturated carbocycles. The Hall–Kier alpha value is -1.18. The molecule has 0 spiro atoms. The van der Waals surface area contributed by atoms with Crippen molar-refractivity contribution in [1.29, 1.82) is 5.26 Å². The van der Waals surface area contributed by atoms with Crippen molar-refractivity contribution in [3.63, 3.8) is 0 Å². The maximum Gasteiger partial charge on any atom is 0.0946 e. The zero-order valence-corrected chi connectivity index (χ0v) is 10.9. The molecular weight excluding hydrogens is 236 g/mol. The van der Waals surface area contributed by atoms with Gasteiger partial charge in [-0.3, -0.25) is 0 Å². The lowest BCUT2D eigenvalue weighted by atomic mass is 10.2. The van der Waals surface area contributed by atoms with Gasteiger partial charge in [0, 0.05) is 17.7 Å². The van der Waals surface area contributed by atoms with Gasteiger partial charge in [0.25, 0.3) is 0 Å². The maximum absolute atomic E-state index is 8.56. The van der Waals surface area contributed by atoms with Crippen LogP contribution in [-0.4, -0.2) is 4.98 Å². The van der Waals surface area contributed by atoms with Gasteiger partial charge in [0.05, 0.1) is 21.6 Å². The number of nitriles is 1. The van der Waals surface area contributed by atoms with Gasteiger partial charge in [-0.05, 0) is 30.9 Å². The summed E-state index contributed by atoms with van der Waals surface area (Å²) in [6.07, 6.45) is 1.32. The predicted octanol–water partition coefficient (Wildman–Crippen LogP) is 3.94. The van der Waals surface area contributed by atoms with E-state index in [0.29, 0.717) is 6.42 Å². The fourth-order valence-corrected chi connectivity index (χ4v) is 3.52. The quantitative estimate of drug-likeness (QED) is 0.824. The first kappa shape index (κ1) is 11.3. The summed E-state index contributed by atoms with van der Waals surface area (Å²) in [4.78, 5) is 7.14. The molecule has 0 aliphatic rings. The number of thiophene rings is 1. The standard InChI is InChI=1S/C12H12N2S2/c1-8-5-7-15-12(8)11-9(2)16-10(14-11)4-3-6-13/h5,7H,3-4H2,1-2H3.